The lowest BCUT2D eigenvalue weighted by Gasteiger charge is -2.37. The Bertz CT molecular complexity index is 813. The third kappa shape index (κ3) is 5.34. The van der Waals surface area contributed by atoms with E-state index in [0.29, 0.717) is 17.6 Å². The van der Waals surface area contributed by atoms with E-state index in [0.717, 1.165) is 17.6 Å². The molecular formula is C27H39NO. The van der Waals surface area contributed by atoms with Crippen LogP contribution >= 0.6 is 0 Å². The molecule has 0 radical (unpaired) electrons. The first-order valence-corrected chi connectivity index (χ1v) is 11.8. The highest BCUT2D eigenvalue weighted by molar-refractivity contribution is 5.84. The minimum atomic E-state index is 0.376. The SMILES string of the molecule is CC(C)(C)C1CCC(Oc2ccc3cc(CC4CCCC(N)C4)ccc3c2)CC1. The second-order valence-corrected chi connectivity index (χ2v) is 10.8. The Morgan fingerprint density at radius 2 is 1.62 bits per heavy atom. The van der Waals surface area contributed by atoms with Crippen LogP contribution in [-0.4, -0.2) is 12.1 Å². The lowest BCUT2D eigenvalue weighted by atomic mass is 9.72. The Morgan fingerprint density at radius 3 is 2.34 bits per heavy atom. The number of hydrogen-bond acceptors (Lipinski definition) is 2. The van der Waals surface area contributed by atoms with E-state index in [4.69, 9.17) is 10.5 Å². The van der Waals surface area contributed by atoms with Gasteiger partial charge in [-0.15, -0.1) is 0 Å². The molecule has 0 aliphatic heterocycles. The zero-order chi connectivity index (χ0) is 20.4. The molecule has 0 spiro atoms. The minimum Gasteiger partial charge on any atom is -0.490 e. The molecule has 2 aromatic carbocycles. The molecule has 2 nitrogen and oxygen atoms in total. The summed E-state index contributed by atoms with van der Waals surface area (Å²) in [6.45, 7) is 7.12. The molecule has 0 bridgehead atoms. The van der Waals surface area contributed by atoms with Crippen LogP contribution in [0.4, 0.5) is 0 Å². The maximum Gasteiger partial charge on any atom is 0.120 e. The Hall–Kier alpha value is -1.54. The predicted octanol–water partition coefficient (Wildman–Crippen LogP) is 6.88. The largest absolute Gasteiger partial charge is 0.490 e. The normalized spacial score (nSPS) is 28.4. The topological polar surface area (TPSA) is 35.2 Å². The summed E-state index contributed by atoms with van der Waals surface area (Å²) in [6, 6.07) is 14.0. The fourth-order valence-electron chi connectivity index (χ4n) is 5.56. The number of ether oxygens (including phenoxy) is 1. The van der Waals surface area contributed by atoms with Crippen LogP contribution < -0.4 is 10.5 Å². The molecule has 2 aromatic rings. The number of fused-ring (bicyclic) bond motifs is 1. The summed E-state index contributed by atoms with van der Waals surface area (Å²) in [7, 11) is 0. The number of benzene rings is 2. The van der Waals surface area contributed by atoms with Crippen LogP contribution in [0.25, 0.3) is 10.8 Å². The van der Waals surface area contributed by atoms with E-state index in [1.807, 2.05) is 0 Å². The number of nitrogens with two attached hydrogens (primary N) is 1. The molecule has 0 heterocycles. The van der Waals surface area contributed by atoms with E-state index in [-0.39, 0.29) is 0 Å². The fourth-order valence-corrected chi connectivity index (χ4v) is 5.56. The van der Waals surface area contributed by atoms with Crippen LogP contribution in [0.5, 0.6) is 5.75 Å². The highest BCUT2D eigenvalue weighted by Crippen LogP contribution is 2.39. The van der Waals surface area contributed by atoms with Crippen molar-refractivity contribution in [3.05, 3.63) is 42.0 Å². The van der Waals surface area contributed by atoms with Crippen molar-refractivity contribution in [2.24, 2.45) is 23.0 Å². The van der Waals surface area contributed by atoms with Gasteiger partial charge in [-0.05, 0) is 90.7 Å². The monoisotopic (exact) mass is 393 g/mol. The van der Waals surface area contributed by atoms with Crippen molar-refractivity contribution in [2.75, 3.05) is 0 Å². The van der Waals surface area contributed by atoms with Crippen LogP contribution in [0.15, 0.2) is 36.4 Å². The molecule has 29 heavy (non-hydrogen) atoms. The van der Waals surface area contributed by atoms with E-state index in [1.54, 1.807) is 0 Å². The summed E-state index contributed by atoms with van der Waals surface area (Å²) in [6.07, 6.45) is 11.5. The average molecular weight is 394 g/mol. The molecule has 4 rings (SSSR count). The van der Waals surface area contributed by atoms with Crippen molar-refractivity contribution in [3.63, 3.8) is 0 Å². The van der Waals surface area contributed by atoms with E-state index in [1.165, 1.54) is 74.1 Å². The molecule has 2 N–H and O–H groups in total. The van der Waals surface area contributed by atoms with Gasteiger partial charge in [-0.2, -0.15) is 0 Å². The average Bonchev–Trinajstić information content (AvgIpc) is 2.68. The first-order valence-electron chi connectivity index (χ1n) is 11.8. The Labute approximate surface area is 177 Å². The van der Waals surface area contributed by atoms with Gasteiger partial charge in [0.05, 0.1) is 6.10 Å². The van der Waals surface area contributed by atoms with Gasteiger partial charge in [0.25, 0.3) is 0 Å². The molecule has 2 atom stereocenters. The third-order valence-electron chi connectivity index (χ3n) is 7.43. The molecule has 2 aliphatic carbocycles. The fraction of sp³-hybridized carbons (Fsp3) is 0.630. The van der Waals surface area contributed by atoms with E-state index >= 15 is 0 Å². The molecule has 2 unspecified atom stereocenters. The van der Waals surface area contributed by atoms with Crippen LogP contribution in [0, 0.1) is 17.3 Å². The van der Waals surface area contributed by atoms with Crippen LogP contribution in [0.2, 0.25) is 0 Å². The molecular weight excluding hydrogens is 354 g/mol. The van der Waals surface area contributed by atoms with Crippen molar-refractivity contribution in [1.29, 1.82) is 0 Å². The molecule has 2 fully saturated rings. The van der Waals surface area contributed by atoms with Gasteiger partial charge in [-0.25, -0.2) is 0 Å². The third-order valence-corrected chi connectivity index (χ3v) is 7.43. The highest BCUT2D eigenvalue weighted by atomic mass is 16.5. The maximum absolute atomic E-state index is 6.37. The van der Waals surface area contributed by atoms with Crippen LogP contribution in [0.1, 0.15) is 77.7 Å². The first kappa shape index (κ1) is 20.7. The lowest BCUT2D eigenvalue weighted by Crippen LogP contribution is -2.30. The van der Waals surface area contributed by atoms with Crippen molar-refractivity contribution in [2.45, 2.75) is 90.7 Å². The van der Waals surface area contributed by atoms with Crippen molar-refractivity contribution < 1.29 is 4.74 Å². The van der Waals surface area contributed by atoms with Gasteiger partial charge in [-0.1, -0.05) is 57.9 Å². The van der Waals surface area contributed by atoms with Gasteiger partial charge in [0.2, 0.25) is 0 Å². The van der Waals surface area contributed by atoms with Gasteiger partial charge in [-0.3, -0.25) is 0 Å². The molecule has 2 heteroatoms. The van der Waals surface area contributed by atoms with Crippen molar-refractivity contribution in [3.8, 4) is 5.75 Å². The summed E-state index contributed by atoms with van der Waals surface area (Å²) in [5.74, 6) is 2.61. The maximum atomic E-state index is 6.37. The van der Waals surface area contributed by atoms with Crippen molar-refractivity contribution >= 4 is 10.8 Å². The highest BCUT2D eigenvalue weighted by Gasteiger charge is 2.30. The van der Waals surface area contributed by atoms with Crippen LogP contribution in [0.3, 0.4) is 0 Å². The molecule has 158 valence electrons. The molecule has 0 aromatic heterocycles. The summed E-state index contributed by atoms with van der Waals surface area (Å²) < 4.78 is 6.37. The van der Waals surface area contributed by atoms with Gasteiger partial charge >= 0.3 is 0 Å². The van der Waals surface area contributed by atoms with Crippen LogP contribution in [-0.2, 0) is 6.42 Å². The summed E-state index contributed by atoms with van der Waals surface area (Å²) in [4.78, 5) is 0. The molecule has 2 aliphatic rings. The lowest BCUT2D eigenvalue weighted by molar-refractivity contribution is 0.0883. The molecule has 0 saturated heterocycles. The molecule has 0 amide bonds. The minimum absolute atomic E-state index is 0.376. The molecule has 2 saturated carbocycles. The summed E-state index contributed by atoms with van der Waals surface area (Å²) in [5.41, 5.74) is 8.05. The predicted molar refractivity (Wildman–Crippen MR) is 123 cm³/mol. The van der Waals surface area contributed by atoms with E-state index in [9.17, 15) is 0 Å². The number of hydrogen-bond donors (Lipinski definition) is 1. The van der Waals surface area contributed by atoms with E-state index < -0.39 is 0 Å². The Kier molecular flexibility index (Phi) is 6.20. The standard InChI is InChI=1S/C27H39NO/c1-27(2,3)23-10-13-25(14-11-23)29-26-12-9-21-16-20(7-8-22(21)18-26)15-19-5-4-6-24(28)17-19/h7-9,12,16,18-19,23-25H,4-6,10-11,13-15,17,28H2,1-3H3. The van der Waals surface area contributed by atoms with Crippen molar-refractivity contribution in [1.82, 2.24) is 0 Å². The van der Waals surface area contributed by atoms with E-state index in [2.05, 4.69) is 57.2 Å². The van der Waals surface area contributed by atoms with Gasteiger partial charge < -0.3 is 10.5 Å². The van der Waals surface area contributed by atoms with Gasteiger partial charge in [0, 0.05) is 6.04 Å². The second kappa shape index (κ2) is 8.68. The Balaban J connectivity index is 1.37. The second-order valence-electron chi connectivity index (χ2n) is 10.8. The Morgan fingerprint density at radius 1 is 0.897 bits per heavy atom. The van der Waals surface area contributed by atoms with Gasteiger partial charge in [0.1, 0.15) is 5.75 Å². The zero-order valence-electron chi connectivity index (χ0n) is 18.6. The zero-order valence-corrected chi connectivity index (χ0v) is 18.6. The quantitative estimate of drug-likeness (QED) is 0.614. The van der Waals surface area contributed by atoms with Gasteiger partial charge in [0.15, 0.2) is 0 Å². The summed E-state index contributed by atoms with van der Waals surface area (Å²) in [5, 5.41) is 2.61. The first-order chi connectivity index (χ1) is 13.9. The summed E-state index contributed by atoms with van der Waals surface area (Å²) >= 11 is 0. The number of rotatable bonds is 4. The smallest absolute Gasteiger partial charge is 0.120 e.